The molecule has 0 spiro atoms. The first-order valence-corrected chi connectivity index (χ1v) is 5.71. The molecule has 1 aromatic rings. The Morgan fingerprint density at radius 2 is 1.81 bits per heavy atom. The highest BCUT2D eigenvalue weighted by Gasteiger charge is 2.00. The number of hydrogen-bond acceptors (Lipinski definition) is 3. The molecule has 0 aliphatic heterocycles. The van der Waals surface area contributed by atoms with Gasteiger partial charge in [0.2, 0.25) is 0 Å². The third kappa shape index (κ3) is 4.75. The lowest BCUT2D eigenvalue weighted by atomic mass is 10.1. The highest BCUT2D eigenvalue weighted by molar-refractivity contribution is 5.21. The molecule has 0 atom stereocenters. The lowest BCUT2D eigenvalue weighted by Gasteiger charge is -2.16. The van der Waals surface area contributed by atoms with Crippen LogP contribution >= 0.6 is 0 Å². The van der Waals surface area contributed by atoms with Crippen LogP contribution in [0.15, 0.2) is 24.3 Å². The van der Waals surface area contributed by atoms with Gasteiger partial charge in [0.25, 0.3) is 0 Å². The van der Waals surface area contributed by atoms with Gasteiger partial charge in [-0.2, -0.15) is 0 Å². The molecule has 0 unspecified atom stereocenters. The number of rotatable bonds is 7. The van der Waals surface area contributed by atoms with E-state index in [1.54, 1.807) is 0 Å². The van der Waals surface area contributed by atoms with Gasteiger partial charge in [-0.25, -0.2) is 0 Å². The zero-order valence-electron chi connectivity index (χ0n) is 10.1. The van der Waals surface area contributed by atoms with E-state index >= 15 is 0 Å². The maximum atomic E-state index is 8.93. The fourth-order valence-electron chi connectivity index (χ4n) is 1.51. The molecule has 90 valence electrons. The fraction of sp³-hybridized carbons (Fsp3) is 0.538. The highest BCUT2D eigenvalue weighted by atomic mass is 16.5. The van der Waals surface area contributed by atoms with Gasteiger partial charge in [-0.1, -0.05) is 24.3 Å². The van der Waals surface area contributed by atoms with Crippen molar-refractivity contribution >= 4 is 0 Å². The van der Waals surface area contributed by atoms with E-state index < -0.39 is 0 Å². The van der Waals surface area contributed by atoms with Crippen molar-refractivity contribution in [2.24, 2.45) is 0 Å². The minimum atomic E-state index is 0.112. The largest absolute Gasteiger partial charge is 0.392 e. The lowest BCUT2D eigenvalue weighted by Crippen LogP contribution is -2.22. The molecular formula is C13H21NO2. The molecule has 0 amide bonds. The number of benzene rings is 1. The van der Waals surface area contributed by atoms with Gasteiger partial charge in [0.15, 0.2) is 0 Å². The Morgan fingerprint density at radius 3 is 2.38 bits per heavy atom. The summed E-state index contributed by atoms with van der Waals surface area (Å²) in [5.74, 6) is 0. The second-order valence-electron chi connectivity index (χ2n) is 3.91. The molecule has 0 aliphatic rings. The number of likely N-dealkylation sites (N-methyl/N-ethyl adjacent to an activating group) is 1. The van der Waals surface area contributed by atoms with Gasteiger partial charge in [-0.05, 0) is 25.1 Å². The van der Waals surface area contributed by atoms with Gasteiger partial charge in [0, 0.05) is 19.7 Å². The summed E-state index contributed by atoms with van der Waals surface area (Å²) >= 11 is 0. The Hall–Kier alpha value is -0.900. The second-order valence-corrected chi connectivity index (χ2v) is 3.91. The molecule has 0 saturated heterocycles. The van der Waals surface area contributed by atoms with Crippen molar-refractivity contribution in [2.75, 3.05) is 26.8 Å². The van der Waals surface area contributed by atoms with Crippen molar-refractivity contribution in [3.63, 3.8) is 0 Å². The highest BCUT2D eigenvalue weighted by Crippen LogP contribution is 2.06. The summed E-state index contributed by atoms with van der Waals surface area (Å²) in [5.41, 5.74) is 2.22. The second kappa shape index (κ2) is 7.39. The van der Waals surface area contributed by atoms with E-state index in [2.05, 4.69) is 24.1 Å². The van der Waals surface area contributed by atoms with Crippen LogP contribution in [0.1, 0.15) is 18.1 Å². The van der Waals surface area contributed by atoms with Gasteiger partial charge in [-0.3, -0.25) is 4.90 Å². The summed E-state index contributed by atoms with van der Waals surface area (Å²) in [6.07, 6.45) is 0. The summed E-state index contributed by atoms with van der Waals surface area (Å²) in [6, 6.07) is 8.04. The van der Waals surface area contributed by atoms with Gasteiger partial charge in [0.1, 0.15) is 0 Å². The van der Waals surface area contributed by atoms with Crippen LogP contribution in [0, 0.1) is 0 Å². The van der Waals surface area contributed by atoms with Crippen LogP contribution in [0.25, 0.3) is 0 Å². The van der Waals surface area contributed by atoms with Gasteiger partial charge in [-0.15, -0.1) is 0 Å². The topological polar surface area (TPSA) is 32.7 Å². The summed E-state index contributed by atoms with van der Waals surface area (Å²) in [4.78, 5) is 2.23. The van der Waals surface area contributed by atoms with Crippen LogP contribution in [-0.2, 0) is 17.9 Å². The van der Waals surface area contributed by atoms with Crippen molar-refractivity contribution < 1.29 is 9.84 Å². The number of aliphatic hydroxyl groups is 1. The molecule has 3 heteroatoms. The van der Waals surface area contributed by atoms with E-state index in [9.17, 15) is 0 Å². The molecular weight excluding hydrogens is 202 g/mol. The minimum absolute atomic E-state index is 0.112. The number of hydrogen-bond donors (Lipinski definition) is 1. The molecule has 0 aliphatic carbocycles. The zero-order chi connectivity index (χ0) is 11.8. The Morgan fingerprint density at radius 1 is 1.19 bits per heavy atom. The molecule has 1 N–H and O–H groups in total. The molecule has 16 heavy (non-hydrogen) atoms. The Kier molecular flexibility index (Phi) is 6.08. The van der Waals surface area contributed by atoms with Crippen molar-refractivity contribution in [3.05, 3.63) is 35.4 Å². The normalized spacial score (nSPS) is 11.0. The van der Waals surface area contributed by atoms with E-state index in [1.807, 2.05) is 19.1 Å². The molecule has 0 saturated carbocycles. The predicted molar refractivity (Wildman–Crippen MR) is 65.2 cm³/mol. The SMILES string of the molecule is CCOCCN(C)Cc1ccc(CO)cc1. The van der Waals surface area contributed by atoms with Crippen LogP contribution in [0.5, 0.6) is 0 Å². The maximum absolute atomic E-state index is 8.93. The van der Waals surface area contributed by atoms with Crippen LogP contribution < -0.4 is 0 Å². The van der Waals surface area contributed by atoms with E-state index in [-0.39, 0.29) is 6.61 Å². The number of nitrogens with zero attached hydrogens (tertiary/aromatic N) is 1. The van der Waals surface area contributed by atoms with Gasteiger partial charge in [0.05, 0.1) is 13.2 Å². The molecule has 1 rings (SSSR count). The first-order valence-electron chi connectivity index (χ1n) is 5.71. The number of aliphatic hydroxyl groups excluding tert-OH is 1. The Labute approximate surface area is 97.7 Å². The van der Waals surface area contributed by atoms with Crippen LogP contribution in [0.4, 0.5) is 0 Å². The van der Waals surface area contributed by atoms with E-state index in [0.717, 1.165) is 31.9 Å². The minimum Gasteiger partial charge on any atom is -0.392 e. The van der Waals surface area contributed by atoms with E-state index in [1.165, 1.54) is 5.56 Å². The average molecular weight is 223 g/mol. The quantitative estimate of drug-likeness (QED) is 0.713. The van der Waals surface area contributed by atoms with Crippen molar-refractivity contribution in [3.8, 4) is 0 Å². The monoisotopic (exact) mass is 223 g/mol. The standard InChI is InChI=1S/C13H21NO2/c1-3-16-9-8-14(2)10-12-4-6-13(11-15)7-5-12/h4-7,15H,3,8-11H2,1-2H3. The summed E-state index contributed by atoms with van der Waals surface area (Å²) in [6.45, 7) is 5.53. The fourth-order valence-corrected chi connectivity index (χ4v) is 1.51. The molecule has 0 bridgehead atoms. The molecule has 0 heterocycles. The Bertz CT molecular complexity index is 284. The molecule has 3 nitrogen and oxygen atoms in total. The van der Waals surface area contributed by atoms with Gasteiger partial charge >= 0.3 is 0 Å². The third-order valence-corrected chi connectivity index (χ3v) is 2.48. The predicted octanol–water partition coefficient (Wildman–Crippen LogP) is 1.65. The smallest absolute Gasteiger partial charge is 0.0681 e. The summed E-state index contributed by atoms with van der Waals surface area (Å²) in [5, 5.41) is 8.93. The van der Waals surface area contributed by atoms with E-state index in [0.29, 0.717) is 0 Å². The zero-order valence-corrected chi connectivity index (χ0v) is 10.1. The average Bonchev–Trinajstić information content (AvgIpc) is 2.30. The van der Waals surface area contributed by atoms with Crippen molar-refractivity contribution in [1.82, 2.24) is 4.90 Å². The summed E-state index contributed by atoms with van der Waals surface area (Å²) < 4.78 is 5.30. The van der Waals surface area contributed by atoms with Crippen LogP contribution in [-0.4, -0.2) is 36.8 Å². The first kappa shape index (κ1) is 13.2. The lowest BCUT2D eigenvalue weighted by molar-refractivity contribution is 0.120. The van der Waals surface area contributed by atoms with E-state index in [4.69, 9.17) is 9.84 Å². The molecule has 0 aromatic heterocycles. The summed E-state index contributed by atoms with van der Waals surface area (Å²) in [7, 11) is 2.08. The van der Waals surface area contributed by atoms with Gasteiger partial charge < -0.3 is 9.84 Å². The Balaban J connectivity index is 2.34. The van der Waals surface area contributed by atoms with Crippen LogP contribution in [0.2, 0.25) is 0 Å². The first-order chi connectivity index (χ1) is 7.76. The third-order valence-electron chi connectivity index (χ3n) is 2.48. The van der Waals surface area contributed by atoms with Crippen LogP contribution in [0.3, 0.4) is 0 Å². The number of ether oxygens (including phenoxy) is 1. The molecule has 1 aromatic carbocycles. The van der Waals surface area contributed by atoms with Crippen molar-refractivity contribution in [2.45, 2.75) is 20.1 Å². The molecule has 0 radical (unpaired) electrons. The molecule has 0 fully saturated rings. The maximum Gasteiger partial charge on any atom is 0.0681 e. The van der Waals surface area contributed by atoms with Crippen molar-refractivity contribution in [1.29, 1.82) is 0 Å².